The van der Waals surface area contributed by atoms with Gasteiger partial charge in [0, 0.05) is 43.3 Å². The van der Waals surface area contributed by atoms with Crippen LogP contribution in [0.3, 0.4) is 0 Å². The lowest BCUT2D eigenvalue weighted by molar-refractivity contribution is 0.343. The normalized spacial score (nSPS) is 14.7. The molecular weight excluding hydrogens is 388 g/mol. The zero-order chi connectivity index (χ0) is 20.8. The number of pyridine rings is 1. The second kappa shape index (κ2) is 7.07. The summed E-state index contributed by atoms with van der Waals surface area (Å²) < 4.78 is 30.5. The molecule has 2 aromatic heterocycles. The highest BCUT2D eigenvalue weighted by atomic mass is 19.1. The summed E-state index contributed by atoms with van der Waals surface area (Å²) >= 11 is 0. The summed E-state index contributed by atoms with van der Waals surface area (Å²) in [6, 6.07) is 14.5. The number of halogens is 2. The molecular formula is C22H19F2N5O. The topological polar surface area (TPSA) is 45.8 Å². The number of rotatable bonds is 2. The van der Waals surface area contributed by atoms with Gasteiger partial charge in [0.2, 0.25) is 0 Å². The minimum atomic E-state index is -0.614. The van der Waals surface area contributed by atoms with Gasteiger partial charge in [-0.15, -0.1) is 5.10 Å². The number of likely N-dealkylation sites (N-methyl/N-ethyl adjacent to an activating group) is 1. The Hall–Kier alpha value is -3.52. The second-order valence-corrected chi connectivity index (χ2v) is 7.45. The Kier molecular flexibility index (Phi) is 4.36. The number of nitrogens with zero attached hydrogens (tertiary/aromatic N) is 5. The van der Waals surface area contributed by atoms with Gasteiger partial charge in [-0.25, -0.2) is 18.0 Å². The fourth-order valence-electron chi connectivity index (χ4n) is 3.91. The van der Waals surface area contributed by atoms with Crippen LogP contribution in [0.15, 0.2) is 65.6 Å². The van der Waals surface area contributed by atoms with Crippen LogP contribution >= 0.6 is 0 Å². The van der Waals surface area contributed by atoms with Crippen molar-refractivity contribution in [2.45, 2.75) is 6.54 Å². The molecule has 1 aliphatic rings. The van der Waals surface area contributed by atoms with Gasteiger partial charge in [-0.2, -0.15) is 4.68 Å². The van der Waals surface area contributed by atoms with E-state index in [4.69, 9.17) is 0 Å². The van der Waals surface area contributed by atoms with Gasteiger partial charge in [-0.1, -0.05) is 6.07 Å². The Morgan fingerprint density at radius 2 is 1.73 bits per heavy atom. The van der Waals surface area contributed by atoms with Gasteiger partial charge in [0.1, 0.15) is 11.6 Å². The van der Waals surface area contributed by atoms with Crippen molar-refractivity contribution < 1.29 is 8.78 Å². The van der Waals surface area contributed by atoms with Gasteiger partial charge < -0.3 is 9.80 Å². The van der Waals surface area contributed by atoms with E-state index in [1.54, 1.807) is 24.4 Å². The van der Waals surface area contributed by atoms with E-state index in [9.17, 15) is 13.6 Å². The molecule has 0 amide bonds. The Labute approximate surface area is 171 Å². The predicted molar refractivity (Wildman–Crippen MR) is 110 cm³/mol. The van der Waals surface area contributed by atoms with Crippen molar-refractivity contribution in [3.63, 3.8) is 0 Å². The Morgan fingerprint density at radius 1 is 0.933 bits per heavy atom. The molecule has 0 unspecified atom stereocenters. The fraction of sp³-hybridized carbons (Fsp3) is 0.182. The molecule has 1 aliphatic heterocycles. The molecule has 4 aromatic rings. The first-order valence-electron chi connectivity index (χ1n) is 9.61. The van der Waals surface area contributed by atoms with Gasteiger partial charge in [-0.3, -0.25) is 0 Å². The van der Waals surface area contributed by atoms with E-state index >= 15 is 0 Å². The number of benzene rings is 2. The average molecular weight is 407 g/mol. The van der Waals surface area contributed by atoms with E-state index in [1.165, 1.54) is 21.2 Å². The van der Waals surface area contributed by atoms with Crippen molar-refractivity contribution >= 4 is 17.0 Å². The largest absolute Gasteiger partial charge is 0.355 e. The smallest absolute Gasteiger partial charge is 0.340 e. The number of anilines is 2. The van der Waals surface area contributed by atoms with Gasteiger partial charge in [0.05, 0.1) is 5.69 Å². The quantitative estimate of drug-likeness (QED) is 0.511. The summed E-state index contributed by atoms with van der Waals surface area (Å²) in [6.45, 7) is 1.94. The van der Waals surface area contributed by atoms with Crippen molar-refractivity contribution in [1.82, 2.24) is 19.1 Å². The molecule has 30 heavy (non-hydrogen) atoms. The van der Waals surface area contributed by atoms with Crippen LogP contribution in [0.1, 0.15) is 5.56 Å². The highest BCUT2D eigenvalue weighted by Crippen LogP contribution is 2.33. The van der Waals surface area contributed by atoms with Crippen LogP contribution < -0.4 is 10.6 Å². The third-order valence-corrected chi connectivity index (χ3v) is 5.33. The van der Waals surface area contributed by atoms with E-state index in [0.717, 1.165) is 23.9 Å². The molecule has 0 atom stereocenters. The maximum Gasteiger partial charge on any atom is 0.355 e. The summed E-state index contributed by atoms with van der Waals surface area (Å²) in [4.78, 5) is 16.8. The van der Waals surface area contributed by atoms with E-state index in [0.29, 0.717) is 30.1 Å². The molecule has 152 valence electrons. The lowest BCUT2D eigenvalue weighted by Crippen LogP contribution is -2.26. The Balaban J connectivity index is 1.64. The molecule has 0 spiro atoms. The summed E-state index contributed by atoms with van der Waals surface area (Å²) in [5.41, 5.74) is 3.21. The standard InChI is InChI=1S/C22H19F2N5O/c1-26-8-9-27(19-12-16(23)11-17(24)13-19)20-6-5-18(10-15(20)14-26)29-22(30)28-7-3-2-4-21(28)25-29/h2-7,10-13H,8-9,14H2,1H3. The van der Waals surface area contributed by atoms with E-state index in [1.807, 2.05) is 30.1 Å². The van der Waals surface area contributed by atoms with E-state index in [2.05, 4.69) is 10.00 Å². The summed E-state index contributed by atoms with van der Waals surface area (Å²) in [5, 5.41) is 4.42. The molecule has 0 fully saturated rings. The van der Waals surface area contributed by atoms with Crippen LogP contribution in [0.25, 0.3) is 11.3 Å². The lowest BCUT2D eigenvalue weighted by atomic mass is 10.1. The van der Waals surface area contributed by atoms with Crippen LogP contribution in [0.5, 0.6) is 0 Å². The van der Waals surface area contributed by atoms with Crippen molar-refractivity contribution in [3.05, 3.63) is 88.5 Å². The van der Waals surface area contributed by atoms with Gasteiger partial charge in [0.25, 0.3) is 0 Å². The number of aromatic nitrogens is 3. The molecule has 0 bridgehead atoms. The lowest BCUT2D eigenvalue weighted by Gasteiger charge is -2.25. The maximum absolute atomic E-state index is 13.8. The third kappa shape index (κ3) is 3.15. The first-order valence-corrected chi connectivity index (χ1v) is 9.61. The maximum atomic E-state index is 13.8. The number of fused-ring (bicyclic) bond motifs is 2. The summed E-state index contributed by atoms with van der Waals surface area (Å²) in [5.74, 6) is -1.23. The Morgan fingerprint density at radius 3 is 2.50 bits per heavy atom. The number of hydrogen-bond donors (Lipinski definition) is 0. The first kappa shape index (κ1) is 18.5. The van der Waals surface area contributed by atoms with Crippen LogP contribution in [0, 0.1) is 11.6 Å². The zero-order valence-corrected chi connectivity index (χ0v) is 16.3. The minimum Gasteiger partial charge on any atom is -0.340 e. The molecule has 2 aromatic carbocycles. The van der Waals surface area contributed by atoms with Gasteiger partial charge in [0.15, 0.2) is 5.65 Å². The third-order valence-electron chi connectivity index (χ3n) is 5.33. The SMILES string of the molecule is CN1CCN(c2cc(F)cc(F)c2)c2ccc(-n3nc4ccccn4c3=O)cc2C1. The van der Waals surface area contributed by atoms with Crippen LogP contribution in [0.4, 0.5) is 20.2 Å². The first-order chi connectivity index (χ1) is 14.5. The van der Waals surface area contributed by atoms with Gasteiger partial charge in [-0.05, 0) is 55.1 Å². The van der Waals surface area contributed by atoms with E-state index in [-0.39, 0.29) is 5.69 Å². The number of hydrogen-bond acceptors (Lipinski definition) is 4. The molecule has 0 N–H and O–H groups in total. The molecule has 0 saturated heterocycles. The summed E-state index contributed by atoms with van der Waals surface area (Å²) in [7, 11) is 1.99. The second-order valence-electron chi connectivity index (χ2n) is 7.45. The van der Waals surface area contributed by atoms with Crippen molar-refractivity contribution in [2.75, 3.05) is 25.0 Å². The van der Waals surface area contributed by atoms with Crippen molar-refractivity contribution in [2.24, 2.45) is 0 Å². The highest BCUT2D eigenvalue weighted by molar-refractivity contribution is 5.68. The molecule has 0 aliphatic carbocycles. The molecule has 5 rings (SSSR count). The molecule has 0 saturated carbocycles. The fourth-order valence-corrected chi connectivity index (χ4v) is 3.91. The highest BCUT2D eigenvalue weighted by Gasteiger charge is 2.21. The van der Waals surface area contributed by atoms with E-state index < -0.39 is 11.6 Å². The molecule has 3 heterocycles. The monoisotopic (exact) mass is 407 g/mol. The van der Waals surface area contributed by atoms with Crippen LogP contribution in [0.2, 0.25) is 0 Å². The zero-order valence-electron chi connectivity index (χ0n) is 16.3. The Bertz CT molecular complexity index is 1290. The van der Waals surface area contributed by atoms with Crippen LogP contribution in [-0.2, 0) is 6.54 Å². The summed E-state index contributed by atoms with van der Waals surface area (Å²) in [6.07, 6.45) is 1.68. The molecule has 8 heteroatoms. The van der Waals surface area contributed by atoms with Crippen LogP contribution in [-0.4, -0.2) is 39.2 Å². The molecule has 0 radical (unpaired) electrons. The van der Waals surface area contributed by atoms with Crippen molar-refractivity contribution in [3.8, 4) is 5.69 Å². The minimum absolute atomic E-state index is 0.253. The van der Waals surface area contributed by atoms with Gasteiger partial charge >= 0.3 is 5.69 Å². The average Bonchev–Trinajstić information content (AvgIpc) is 2.95. The van der Waals surface area contributed by atoms with Crippen molar-refractivity contribution in [1.29, 1.82) is 0 Å². The predicted octanol–water partition coefficient (Wildman–Crippen LogP) is 3.35. The molecule has 6 nitrogen and oxygen atoms in total.